The number of aliphatic hydroxyl groups excluding tert-OH is 4. The van der Waals surface area contributed by atoms with Gasteiger partial charge in [0.1, 0.15) is 42.4 Å². The number of phosphoric ester groups is 2. The number of pyridine rings is 1. The molecule has 9 N–H and O–H groups in total. The molecular weight excluding hydrogens is 704 g/mol. The van der Waals surface area contributed by atoms with Gasteiger partial charge in [0.25, 0.3) is 20.0 Å². The van der Waals surface area contributed by atoms with Gasteiger partial charge in [0.05, 0.1) is 13.2 Å². The Hall–Kier alpha value is -2.66. The van der Waals surface area contributed by atoms with Gasteiger partial charge in [0.2, 0.25) is 0 Å². The molecule has 21 nitrogen and oxygen atoms in total. The molecule has 0 saturated carbocycles. The zero-order valence-electron chi connectivity index (χ0n) is 24.9. The van der Waals surface area contributed by atoms with E-state index in [-0.39, 0.29) is 22.5 Å². The van der Waals surface area contributed by atoms with E-state index in [1.165, 1.54) is 51.7 Å². The van der Waals surface area contributed by atoms with Crippen LogP contribution in [-0.4, -0.2) is 106 Å². The van der Waals surface area contributed by atoms with Gasteiger partial charge in [-0.15, -0.1) is 0 Å². The number of ether oxygens (including phenoxy) is 2. The van der Waals surface area contributed by atoms with E-state index in [0.29, 0.717) is 10.9 Å². The first-order chi connectivity index (χ1) is 22.6. The zero-order valence-corrected chi connectivity index (χ0v) is 27.5. The van der Waals surface area contributed by atoms with Crippen LogP contribution in [0.2, 0.25) is 0 Å². The molecule has 0 aromatic carbocycles. The standard InChI is InChI=1S/C24H33N7O14P2S/c1-2-6-48-24-29-14-19(25)27-10-28-21(14)31(24)23-18(35)16(33)13(44-23)9-42-47(39,40)45-46(37,38)41-8-12-15(32)17(34)22(43-12)30-5-3-4-11(7-30)20(26)36/h3-5,7,10,12-13,15-18,22-23,32-35H,2,6,8-9H2,1H3,(H5-,25,26,27,28,36,37,38,39,40)/t12-,13-,15-,16-,17-,18-,22-,23-/m1/s1. The number of primary amides is 1. The largest absolute Gasteiger partial charge is 0.756 e. The third-order valence-corrected chi connectivity index (χ3v) is 11.0. The van der Waals surface area contributed by atoms with Crippen molar-refractivity contribution < 1.29 is 71.5 Å². The van der Waals surface area contributed by atoms with Crippen molar-refractivity contribution in [1.29, 1.82) is 0 Å². The Morgan fingerprint density at radius 2 is 1.79 bits per heavy atom. The number of imidazole rings is 1. The van der Waals surface area contributed by atoms with Crippen molar-refractivity contribution in [3.05, 3.63) is 36.4 Å². The highest BCUT2D eigenvalue weighted by atomic mass is 32.2. The summed E-state index contributed by atoms with van der Waals surface area (Å²) in [5, 5.41) is 42.6. The monoisotopic (exact) mass is 737 g/mol. The van der Waals surface area contributed by atoms with E-state index in [9.17, 15) is 44.1 Å². The summed E-state index contributed by atoms with van der Waals surface area (Å²) in [4.78, 5) is 46.5. The summed E-state index contributed by atoms with van der Waals surface area (Å²) in [5.74, 6) is -0.0923. The summed E-state index contributed by atoms with van der Waals surface area (Å²) < 4.78 is 52.4. The number of aliphatic hydroxyl groups is 4. The third kappa shape index (κ3) is 7.87. The number of hydrogen-bond acceptors (Lipinski definition) is 18. The molecule has 1 amide bonds. The highest BCUT2D eigenvalue weighted by Gasteiger charge is 2.49. The summed E-state index contributed by atoms with van der Waals surface area (Å²) in [6, 6.07) is 2.82. The molecule has 0 radical (unpaired) electrons. The lowest BCUT2D eigenvalue weighted by Gasteiger charge is -2.26. The van der Waals surface area contributed by atoms with Gasteiger partial charge in [0, 0.05) is 11.8 Å². The van der Waals surface area contributed by atoms with Crippen LogP contribution in [0.1, 0.15) is 36.2 Å². The molecule has 264 valence electrons. The number of fused-ring (bicyclic) bond motifs is 1. The quantitative estimate of drug-likeness (QED) is 0.0527. The Morgan fingerprint density at radius 1 is 1.10 bits per heavy atom. The lowest BCUT2D eigenvalue weighted by atomic mass is 10.1. The number of carbonyl (C=O) groups is 1. The third-order valence-electron chi connectivity index (χ3n) is 7.24. The van der Waals surface area contributed by atoms with Crippen molar-refractivity contribution in [2.24, 2.45) is 5.73 Å². The maximum atomic E-state index is 12.6. The van der Waals surface area contributed by atoms with Crippen LogP contribution in [0.4, 0.5) is 5.82 Å². The maximum Gasteiger partial charge on any atom is 0.478 e. The molecule has 48 heavy (non-hydrogen) atoms. The normalized spacial score (nSPS) is 30.0. The zero-order chi connectivity index (χ0) is 35.0. The Morgan fingerprint density at radius 3 is 2.50 bits per heavy atom. The second-order valence-corrected chi connectivity index (χ2v) is 14.7. The minimum atomic E-state index is -5.64. The molecule has 2 unspecified atom stereocenters. The first-order valence-electron chi connectivity index (χ1n) is 14.2. The number of carbonyl (C=O) groups excluding carboxylic acids is 1. The topological polar surface area (TPSA) is 321 Å². The molecule has 2 aliphatic rings. The van der Waals surface area contributed by atoms with Crippen LogP contribution in [-0.2, 0) is 32.0 Å². The molecule has 2 fully saturated rings. The first-order valence-corrected chi connectivity index (χ1v) is 18.2. The summed E-state index contributed by atoms with van der Waals surface area (Å²) in [5.41, 5.74) is 11.7. The van der Waals surface area contributed by atoms with Crippen molar-refractivity contribution in [3.8, 4) is 0 Å². The Balaban J connectivity index is 1.19. The predicted molar refractivity (Wildman–Crippen MR) is 158 cm³/mol. The molecule has 24 heteroatoms. The van der Waals surface area contributed by atoms with E-state index in [1.807, 2.05) is 6.92 Å². The smallest absolute Gasteiger partial charge is 0.478 e. The van der Waals surface area contributed by atoms with Gasteiger partial charge in [-0.1, -0.05) is 18.7 Å². The lowest BCUT2D eigenvalue weighted by Crippen LogP contribution is -2.46. The number of anilines is 1. The number of amides is 1. The Labute approximate surface area is 275 Å². The summed E-state index contributed by atoms with van der Waals surface area (Å²) >= 11 is 1.29. The SMILES string of the molecule is CCCSc1nc2c(N)ncnc2n1[C@@H]1O[C@H](COP(=O)(O)OP(=O)([O-])OC[C@H]2O[C@@H]([n+]3cccc(C(N)=O)c3)[C@H](O)[C@@H]2O)[C@@H](O)[C@H]1O. The average molecular weight is 738 g/mol. The number of nitrogens with two attached hydrogens (primary N) is 2. The molecule has 10 atom stereocenters. The molecule has 0 aliphatic carbocycles. The van der Waals surface area contributed by atoms with Crippen LogP contribution >= 0.6 is 27.4 Å². The second kappa shape index (κ2) is 14.7. The fourth-order valence-electron chi connectivity index (χ4n) is 4.93. The maximum absolute atomic E-state index is 12.6. The number of aromatic nitrogens is 5. The highest BCUT2D eigenvalue weighted by Crippen LogP contribution is 2.58. The minimum absolute atomic E-state index is 0.0601. The van der Waals surface area contributed by atoms with Crippen LogP contribution in [0.15, 0.2) is 36.0 Å². The van der Waals surface area contributed by atoms with Crippen molar-refractivity contribution >= 4 is 50.3 Å². The number of nitrogen functional groups attached to an aromatic ring is 1. The van der Waals surface area contributed by atoms with Crippen molar-refractivity contribution in [3.63, 3.8) is 0 Å². The molecule has 0 bridgehead atoms. The van der Waals surface area contributed by atoms with Gasteiger partial charge in [-0.05, 0) is 12.5 Å². The number of thioether (sulfide) groups is 1. The average Bonchev–Trinajstić information content (AvgIpc) is 3.64. The van der Waals surface area contributed by atoms with E-state index in [2.05, 4.69) is 23.8 Å². The van der Waals surface area contributed by atoms with Gasteiger partial charge < -0.3 is 55.7 Å². The molecule has 2 saturated heterocycles. The second-order valence-electron chi connectivity index (χ2n) is 10.6. The number of nitrogens with zero attached hydrogens (tertiary/aromatic N) is 5. The number of phosphoric acid groups is 2. The van der Waals surface area contributed by atoms with Crippen LogP contribution in [0.3, 0.4) is 0 Å². The molecule has 3 aromatic heterocycles. The number of rotatable bonds is 14. The summed E-state index contributed by atoms with van der Waals surface area (Å²) in [6.07, 6.45) is -7.54. The predicted octanol–water partition coefficient (Wildman–Crippen LogP) is -2.15. The molecule has 5 heterocycles. The van der Waals surface area contributed by atoms with Crippen LogP contribution in [0.5, 0.6) is 0 Å². The Bertz CT molecular complexity index is 1740. The van der Waals surface area contributed by atoms with Crippen molar-refractivity contribution in [1.82, 2.24) is 19.5 Å². The molecular formula is C24H33N7O14P2S. The minimum Gasteiger partial charge on any atom is -0.756 e. The number of hydrogen-bond donors (Lipinski definition) is 7. The molecule has 3 aromatic rings. The van der Waals surface area contributed by atoms with Gasteiger partial charge in [-0.25, -0.2) is 23.8 Å². The molecule has 0 spiro atoms. The fourth-order valence-corrected chi connectivity index (χ4v) is 7.85. The van der Waals surface area contributed by atoms with Crippen LogP contribution in [0, 0.1) is 0 Å². The first kappa shape index (κ1) is 36.6. The van der Waals surface area contributed by atoms with Gasteiger partial charge in [-0.2, -0.15) is 4.57 Å². The summed E-state index contributed by atoms with van der Waals surface area (Å²) in [7, 11) is -11.1. The van der Waals surface area contributed by atoms with E-state index in [1.54, 1.807) is 0 Å². The highest BCUT2D eigenvalue weighted by molar-refractivity contribution is 7.99. The van der Waals surface area contributed by atoms with E-state index in [0.717, 1.165) is 6.42 Å². The van der Waals surface area contributed by atoms with E-state index < -0.39 is 83.8 Å². The van der Waals surface area contributed by atoms with Crippen LogP contribution < -0.4 is 20.9 Å². The van der Waals surface area contributed by atoms with Gasteiger partial charge in [0.15, 0.2) is 46.9 Å². The summed E-state index contributed by atoms with van der Waals surface area (Å²) in [6.45, 7) is 0.0475. The van der Waals surface area contributed by atoms with E-state index in [4.69, 9.17) is 25.5 Å². The van der Waals surface area contributed by atoms with Crippen molar-refractivity contribution in [2.75, 3.05) is 24.7 Å². The fraction of sp³-hybridized carbons (Fsp3) is 0.542. The van der Waals surface area contributed by atoms with Gasteiger partial charge in [-0.3, -0.25) is 18.5 Å². The molecule has 5 rings (SSSR count). The van der Waals surface area contributed by atoms with Gasteiger partial charge >= 0.3 is 7.82 Å². The lowest BCUT2D eigenvalue weighted by molar-refractivity contribution is -0.765. The Kier molecular flexibility index (Phi) is 11.2. The molecule has 2 aliphatic heterocycles. The van der Waals surface area contributed by atoms with Crippen LogP contribution in [0.25, 0.3) is 11.2 Å². The van der Waals surface area contributed by atoms with E-state index >= 15 is 0 Å². The van der Waals surface area contributed by atoms with Crippen molar-refractivity contribution in [2.45, 2.75) is 67.6 Å².